The average molecular weight is 1430 g/mol. The summed E-state index contributed by atoms with van der Waals surface area (Å²) in [5.41, 5.74) is 25.2. The Hall–Kier alpha value is -15.3. The van der Waals surface area contributed by atoms with Gasteiger partial charge in [0.15, 0.2) is 34.9 Å². The van der Waals surface area contributed by atoms with Gasteiger partial charge >= 0.3 is 0 Å². The number of rotatable bonds is 12. The largest absolute Gasteiger partial charge is 0.456 e. The van der Waals surface area contributed by atoms with E-state index in [-0.39, 0.29) is 0 Å². The molecule has 0 bridgehead atoms. The molecule has 10 nitrogen and oxygen atoms in total. The number of hydrogen-bond acceptors (Lipinski definition) is 8. The Morgan fingerprint density at radius 3 is 0.830 bits per heavy atom. The lowest BCUT2D eigenvalue weighted by atomic mass is 10.0. The van der Waals surface area contributed by atoms with Crippen molar-refractivity contribution in [1.29, 1.82) is 0 Å². The van der Waals surface area contributed by atoms with Crippen molar-refractivity contribution < 1.29 is 8.83 Å². The normalized spacial score (nSPS) is 11.6. The zero-order valence-corrected chi connectivity index (χ0v) is 60.3. The zero-order chi connectivity index (χ0) is 74.0. The van der Waals surface area contributed by atoms with Gasteiger partial charge in [0, 0.05) is 87.8 Å². The van der Waals surface area contributed by atoms with Crippen LogP contribution in [0.2, 0.25) is 0 Å². The van der Waals surface area contributed by atoms with Gasteiger partial charge in [0.2, 0.25) is 0 Å². The standard InChI is InChI=1S/2C51H32N4O/c1-3-13-33(14-4-1)49-52-50(34-15-5-2-6-16-34)54-51(53-49)39-19-11-17-35(29-39)37-25-27-46-43(31-37)41-21-7-9-23-45(41)55(46)40-20-12-18-36(30-40)38-26-28-48-44(32-38)42-22-8-10-24-47(42)56-48;1-3-12-34(13-4-1)49-52-50(35-14-5-2-6-15-35)54-51(53-49)36-24-22-33(23-25-36)38-26-28-46-43(31-38)41-18-7-9-20-45(41)55(46)40-17-11-16-37(30-40)39-27-29-48-44(32-39)42-19-8-10-21-47(42)56-48/h2*1-32H. The average Bonchev–Trinajstić information content (AvgIpc) is 1.58. The monoisotopic (exact) mass is 1430 g/mol. The fourth-order valence-corrected chi connectivity index (χ4v) is 15.8. The van der Waals surface area contributed by atoms with Crippen molar-refractivity contribution in [2.45, 2.75) is 0 Å². The topological polar surface area (TPSA) is 113 Å². The molecule has 112 heavy (non-hydrogen) atoms. The summed E-state index contributed by atoms with van der Waals surface area (Å²) in [5, 5.41) is 9.33. The molecular formula is C102H64N8O2. The zero-order valence-electron chi connectivity index (χ0n) is 60.3. The first-order chi connectivity index (χ1) is 55.5. The lowest BCUT2D eigenvalue weighted by Crippen LogP contribution is -2.00. The third-order valence-electron chi connectivity index (χ3n) is 21.3. The molecule has 0 aliphatic rings. The summed E-state index contributed by atoms with van der Waals surface area (Å²) in [6, 6.07) is 135. The third-order valence-corrected chi connectivity index (χ3v) is 21.3. The quantitative estimate of drug-likeness (QED) is 0.119. The second-order valence-electron chi connectivity index (χ2n) is 28.1. The van der Waals surface area contributed by atoms with E-state index in [1.807, 2.05) is 146 Å². The fourth-order valence-electron chi connectivity index (χ4n) is 15.8. The Kier molecular flexibility index (Phi) is 16.0. The van der Waals surface area contributed by atoms with Crippen molar-refractivity contribution in [3.8, 4) is 124 Å². The number of hydrogen-bond donors (Lipinski definition) is 0. The second kappa shape index (κ2) is 27.5. The molecule has 0 aliphatic heterocycles. The minimum Gasteiger partial charge on any atom is -0.456 e. The molecule has 0 saturated carbocycles. The van der Waals surface area contributed by atoms with E-state index in [4.69, 9.17) is 38.7 Å². The first kappa shape index (κ1) is 65.1. The maximum absolute atomic E-state index is 6.12. The maximum atomic E-state index is 6.12. The van der Waals surface area contributed by atoms with Crippen LogP contribution >= 0.6 is 0 Å². The predicted octanol–water partition coefficient (Wildman–Crippen LogP) is 26.4. The van der Waals surface area contributed by atoms with E-state index in [1.54, 1.807) is 0 Å². The summed E-state index contributed by atoms with van der Waals surface area (Å²) < 4.78 is 17.0. The number of fused-ring (bicyclic) bond motifs is 12. The van der Waals surface area contributed by atoms with Crippen LogP contribution in [0, 0.1) is 0 Å². The Balaban J connectivity index is 0.000000141. The summed E-state index contributed by atoms with van der Waals surface area (Å²) in [4.78, 5) is 29.6. The molecular weight excluding hydrogens is 1370 g/mol. The van der Waals surface area contributed by atoms with Crippen molar-refractivity contribution in [3.05, 3.63) is 388 Å². The maximum Gasteiger partial charge on any atom is 0.164 e. The number of aromatic nitrogens is 8. The predicted molar refractivity (Wildman–Crippen MR) is 457 cm³/mol. The number of para-hydroxylation sites is 4. The SMILES string of the molecule is c1ccc(-c2nc(-c3ccccc3)nc(-c3ccc(-c4ccc5c(c4)c4ccccc4n5-c4cccc(-c5ccc6oc7ccccc7c6c5)c4)cc3)n2)cc1.c1ccc(-c2nc(-c3ccccc3)nc(-c3cccc(-c4ccc5c(c4)c4ccccc4n5-c4cccc(-c5ccc6oc7ccccc7c6c5)c4)c3)n2)cc1. The molecule has 524 valence electrons. The van der Waals surface area contributed by atoms with Crippen molar-refractivity contribution in [2.24, 2.45) is 0 Å². The number of benzene rings is 16. The fraction of sp³-hybridized carbons (Fsp3) is 0. The Bertz CT molecular complexity index is 7260. The van der Waals surface area contributed by atoms with Crippen molar-refractivity contribution >= 4 is 87.5 Å². The van der Waals surface area contributed by atoms with Gasteiger partial charge in [-0.2, -0.15) is 0 Å². The molecule has 16 aromatic carbocycles. The van der Waals surface area contributed by atoms with Crippen molar-refractivity contribution in [1.82, 2.24) is 39.0 Å². The molecule has 0 spiro atoms. The third kappa shape index (κ3) is 11.9. The van der Waals surface area contributed by atoms with E-state index in [9.17, 15) is 0 Å². The van der Waals surface area contributed by atoms with Crippen LogP contribution in [-0.2, 0) is 0 Å². The van der Waals surface area contributed by atoms with Crippen LogP contribution in [0.4, 0.5) is 0 Å². The second-order valence-corrected chi connectivity index (χ2v) is 28.1. The molecule has 0 N–H and O–H groups in total. The molecule has 10 heteroatoms. The van der Waals surface area contributed by atoms with E-state index >= 15 is 0 Å². The Labute approximate surface area is 643 Å². The van der Waals surface area contributed by atoms with Crippen LogP contribution in [-0.4, -0.2) is 39.0 Å². The van der Waals surface area contributed by atoms with Gasteiger partial charge in [-0.1, -0.05) is 285 Å². The van der Waals surface area contributed by atoms with Gasteiger partial charge in [-0.15, -0.1) is 0 Å². The van der Waals surface area contributed by atoms with E-state index in [1.165, 1.54) is 27.1 Å². The molecule has 0 radical (unpaired) electrons. The summed E-state index contributed by atoms with van der Waals surface area (Å²) in [7, 11) is 0. The smallest absolute Gasteiger partial charge is 0.164 e. The minimum atomic E-state index is 0.636. The molecule has 0 fully saturated rings. The van der Waals surface area contributed by atoms with Gasteiger partial charge < -0.3 is 18.0 Å². The summed E-state index contributed by atoms with van der Waals surface area (Å²) >= 11 is 0. The minimum absolute atomic E-state index is 0.636. The van der Waals surface area contributed by atoms with Crippen molar-refractivity contribution in [3.63, 3.8) is 0 Å². The van der Waals surface area contributed by atoms with E-state index in [0.717, 1.165) is 150 Å². The highest BCUT2D eigenvalue weighted by molar-refractivity contribution is 6.13. The molecule has 0 aliphatic carbocycles. The number of furan rings is 2. The van der Waals surface area contributed by atoms with E-state index < -0.39 is 0 Å². The van der Waals surface area contributed by atoms with Gasteiger partial charge in [0.05, 0.1) is 22.1 Å². The van der Waals surface area contributed by atoms with Crippen LogP contribution in [0.5, 0.6) is 0 Å². The van der Waals surface area contributed by atoms with Gasteiger partial charge in [0.25, 0.3) is 0 Å². The highest BCUT2D eigenvalue weighted by Crippen LogP contribution is 2.42. The van der Waals surface area contributed by atoms with Crippen LogP contribution in [0.3, 0.4) is 0 Å². The molecule has 0 amide bonds. The highest BCUT2D eigenvalue weighted by atomic mass is 16.3. The van der Waals surface area contributed by atoms with Gasteiger partial charge in [-0.25, -0.2) is 29.9 Å². The van der Waals surface area contributed by atoms with Gasteiger partial charge in [-0.05, 0) is 148 Å². The Morgan fingerprint density at radius 2 is 0.411 bits per heavy atom. The summed E-state index contributed by atoms with van der Waals surface area (Å²) in [6.07, 6.45) is 0. The molecule has 0 saturated heterocycles. The molecule has 6 heterocycles. The van der Waals surface area contributed by atoms with Crippen molar-refractivity contribution in [2.75, 3.05) is 0 Å². The molecule has 0 unspecified atom stereocenters. The van der Waals surface area contributed by atoms with Crippen LogP contribution in [0.25, 0.3) is 212 Å². The van der Waals surface area contributed by atoms with Crippen LogP contribution in [0.1, 0.15) is 0 Å². The first-order valence-electron chi connectivity index (χ1n) is 37.5. The summed E-state index contributed by atoms with van der Waals surface area (Å²) in [6.45, 7) is 0. The molecule has 0 atom stereocenters. The highest BCUT2D eigenvalue weighted by Gasteiger charge is 2.21. The first-order valence-corrected chi connectivity index (χ1v) is 37.5. The lowest BCUT2D eigenvalue weighted by Gasteiger charge is -2.11. The van der Waals surface area contributed by atoms with Gasteiger partial charge in [0.1, 0.15) is 22.3 Å². The molecule has 6 aromatic heterocycles. The lowest BCUT2D eigenvalue weighted by molar-refractivity contribution is 0.668. The van der Waals surface area contributed by atoms with E-state index in [2.05, 4.69) is 252 Å². The van der Waals surface area contributed by atoms with Crippen LogP contribution < -0.4 is 0 Å². The van der Waals surface area contributed by atoms with Gasteiger partial charge in [-0.3, -0.25) is 0 Å². The Morgan fingerprint density at radius 1 is 0.152 bits per heavy atom. The van der Waals surface area contributed by atoms with E-state index in [0.29, 0.717) is 34.9 Å². The van der Waals surface area contributed by atoms with Crippen LogP contribution in [0.15, 0.2) is 397 Å². The molecule has 22 aromatic rings. The number of nitrogens with zero attached hydrogens (tertiary/aromatic N) is 8. The molecule has 22 rings (SSSR count). The summed E-state index contributed by atoms with van der Waals surface area (Å²) in [5.74, 6) is 3.87.